The molecule has 0 heterocycles. The van der Waals surface area contributed by atoms with E-state index in [9.17, 15) is 22.8 Å². The first-order valence-corrected chi connectivity index (χ1v) is 8.78. The largest absolute Gasteiger partial charge is 0.493 e. The molecule has 2 rings (SSSR count). The van der Waals surface area contributed by atoms with E-state index in [0.717, 1.165) is 18.2 Å². The summed E-state index contributed by atoms with van der Waals surface area (Å²) >= 11 is 3.26. The van der Waals surface area contributed by atoms with Gasteiger partial charge in [0, 0.05) is 16.2 Å². The predicted octanol–water partition coefficient (Wildman–Crippen LogP) is 4.59. The van der Waals surface area contributed by atoms with E-state index in [2.05, 4.69) is 21.2 Å². The number of carboxylic acid groups (broad SMARTS) is 1. The van der Waals surface area contributed by atoms with Gasteiger partial charge in [-0.1, -0.05) is 22.0 Å². The smallest absolute Gasteiger partial charge is 0.416 e. The van der Waals surface area contributed by atoms with Crippen LogP contribution in [-0.4, -0.2) is 30.7 Å². The van der Waals surface area contributed by atoms with Crippen molar-refractivity contribution in [2.45, 2.75) is 6.18 Å². The second kappa shape index (κ2) is 9.46. The quantitative estimate of drug-likeness (QED) is 0.574. The van der Waals surface area contributed by atoms with Gasteiger partial charge in [-0.05, 0) is 42.0 Å². The van der Waals surface area contributed by atoms with Crippen molar-refractivity contribution in [1.29, 1.82) is 0 Å². The van der Waals surface area contributed by atoms with Crippen LogP contribution in [-0.2, 0) is 15.8 Å². The van der Waals surface area contributed by atoms with Crippen LogP contribution in [0.15, 0.2) is 46.9 Å². The summed E-state index contributed by atoms with van der Waals surface area (Å²) < 4.78 is 49.3. The number of anilines is 1. The minimum absolute atomic E-state index is 0.0178. The molecule has 29 heavy (non-hydrogen) atoms. The highest BCUT2D eigenvalue weighted by Crippen LogP contribution is 2.34. The molecule has 0 spiro atoms. The third-order valence-electron chi connectivity index (χ3n) is 3.52. The molecule has 2 aromatic carbocycles. The van der Waals surface area contributed by atoms with Gasteiger partial charge in [0.15, 0.2) is 18.1 Å². The Hall–Kier alpha value is -3.01. The molecule has 6 nitrogen and oxygen atoms in total. The number of amides is 1. The third kappa shape index (κ3) is 6.53. The molecule has 0 aliphatic carbocycles. The van der Waals surface area contributed by atoms with Crippen molar-refractivity contribution in [1.82, 2.24) is 0 Å². The fraction of sp³-hybridized carbons (Fsp3) is 0.158. The van der Waals surface area contributed by atoms with Crippen LogP contribution >= 0.6 is 15.9 Å². The van der Waals surface area contributed by atoms with Gasteiger partial charge in [-0.3, -0.25) is 4.79 Å². The number of alkyl halides is 3. The molecule has 1 amide bonds. The van der Waals surface area contributed by atoms with Crippen LogP contribution < -0.4 is 14.8 Å². The zero-order chi connectivity index (χ0) is 21.6. The van der Waals surface area contributed by atoms with Crippen LogP contribution in [0.5, 0.6) is 11.5 Å². The standard InChI is InChI=1S/C19H15BrF3NO5/c1-28-15-7-11(5-6-18(26)27)14(20)9-16(15)29-10-17(25)24-13-4-2-3-12(8-13)19(21,22)23/h2-9H,10H2,1H3,(H,24,25)(H,26,27)/b6-5+. The molecular formula is C19H15BrF3NO5. The summed E-state index contributed by atoms with van der Waals surface area (Å²) in [5, 5.41) is 11.0. The molecule has 10 heteroatoms. The fourth-order valence-electron chi connectivity index (χ4n) is 2.23. The Bertz CT molecular complexity index is 944. The van der Waals surface area contributed by atoms with E-state index in [-0.39, 0.29) is 17.2 Å². The monoisotopic (exact) mass is 473 g/mol. The molecule has 0 bridgehead atoms. The van der Waals surface area contributed by atoms with E-state index < -0.39 is 30.2 Å². The van der Waals surface area contributed by atoms with Crippen LogP contribution in [0.4, 0.5) is 18.9 Å². The summed E-state index contributed by atoms with van der Waals surface area (Å²) in [6, 6.07) is 7.21. The van der Waals surface area contributed by atoms with E-state index in [1.807, 2.05) is 0 Å². The molecule has 2 N–H and O–H groups in total. The van der Waals surface area contributed by atoms with Crippen molar-refractivity contribution >= 4 is 39.6 Å². The van der Waals surface area contributed by atoms with Gasteiger partial charge in [0.05, 0.1) is 12.7 Å². The summed E-state index contributed by atoms with van der Waals surface area (Å²) in [4.78, 5) is 22.7. The number of ether oxygens (including phenoxy) is 2. The second-order valence-corrected chi connectivity index (χ2v) is 6.47. The molecule has 0 saturated heterocycles. The van der Waals surface area contributed by atoms with Gasteiger partial charge >= 0.3 is 12.1 Å². The van der Waals surface area contributed by atoms with E-state index >= 15 is 0 Å². The SMILES string of the molecule is COc1cc(/C=C/C(=O)O)c(Br)cc1OCC(=O)Nc1cccc(C(F)(F)F)c1. The minimum Gasteiger partial charge on any atom is -0.493 e. The fourth-order valence-corrected chi connectivity index (χ4v) is 2.68. The van der Waals surface area contributed by atoms with Crippen molar-refractivity contribution in [2.24, 2.45) is 0 Å². The maximum atomic E-state index is 12.7. The maximum absolute atomic E-state index is 12.7. The number of methoxy groups -OCH3 is 1. The van der Waals surface area contributed by atoms with Gasteiger partial charge in [0.2, 0.25) is 0 Å². The lowest BCUT2D eigenvalue weighted by Gasteiger charge is -2.13. The number of hydrogen-bond acceptors (Lipinski definition) is 4. The van der Waals surface area contributed by atoms with Crippen LogP contribution in [0.3, 0.4) is 0 Å². The number of carboxylic acids is 1. The minimum atomic E-state index is -4.52. The Labute approximate surface area is 172 Å². The number of halogens is 4. The predicted molar refractivity (Wildman–Crippen MR) is 103 cm³/mol. The average molecular weight is 474 g/mol. The molecule has 2 aromatic rings. The van der Waals surface area contributed by atoms with Crippen molar-refractivity contribution in [2.75, 3.05) is 19.0 Å². The normalized spacial score (nSPS) is 11.3. The van der Waals surface area contributed by atoms with E-state index in [1.165, 1.54) is 37.5 Å². The summed E-state index contributed by atoms with van der Waals surface area (Å²) in [5.41, 5.74) is -0.396. The molecule has 0 aliphatic rings. The van der Waals surface area contributed by atoms with Gasteiger partial charge in [0.25, 0.3) is 5.91 Å². The van der Waals surface area contributed by atoms with Gasteiger partial charge in [-0.15, -0.1) is 0 Å². The summed E-state index contributed by atoms with van der Waals surface area (Å²) in [5.74, 6) is -1.36. The Morgan fingerprint density at radius 2 is 1.93 bits per heavy atom. The van der Waals surface area contributed by atoms with E-state index in [0.29, 0.717) is 10.0 Å². The maximum Gasteiger partial charge on any atom is 0.416 e. The highest BCUT2D eigenvalue weighted by atomic mass is 79.9. The first-order valence-electron chi connectivity index (χ1n) is 7.98. The average Bonchev–Trinajstić information content (AvgIpc) is 2.65. The van der Waals surface area contributed by atoms with Gasteiger partial charge in [-0.25, -0.2) is 4.79 Å². The van der Waals surface area contributed by atoms with Gasteiger partial charge in [0.1, 0.15) is 0 Å². The van der Waals surface area contributed by atoms with E-state index in [4.69, 9.17) is 14.6 Å². The number of rotatable bonds is 7. The number of carbonyl (C=O) groups is 2. The molecule has 0 radical (unpaired) electrons. The Balaban J connectivity index is 2.08. The Kier molecular flexibility index (Phi) is 7.27. The van der Waals surface area contributed by atoms with Crippen molar-refractivity contribution in [3.63, 3.8) is 0 Å². The highest BCUT2D eigenvalue weighted by Gasteiger charge is 2.30. The second-order valence-electron chi connectivity index (χ2n) is 5.61. The van der Waals surface area contributed by atoms with Gasteiger partial charge in [-0.2, -0.15) is 13.2 Å². The third-order valence-corrected chi connectivity index (χ3v) is 4.21. The molecular weight excluding hydrogens is 459 g/mol. The highest BCUT2D eigenvalue weighted by molar-refractivity contribution is 9.10. The van der Waals surface area contributed by atoms with Crippen LogP contribution in [0.2, 0.25) is 0 Å². The topological polar surface area (TPSA) is 84.9 Å². The first-order chi connectivity index (χ1) is 13.6. The van der Waals surface area contributed by atoms with Crippen LogP contribution in [0.25, 0.3) is 6.08 Å². The Morgan fingerprint density at radius 1 is 1.21 bits per heavy atom. The molecule has 0 fully saturated rings. The van der Waals surface area contributed by atoms with Crippen molar-refractivity contribution in [3.8, 4) is 11.5 Å². The number of nitrogens with one attached hydrogen (secondary N) is 1. The zero-order valence-electron chi connectivity index (χ0n) is 14.9. The molecule has 0 aromatic heterocycles. The molecule has 154 valence electrons. The summed E-state index contributed by atoms with van der Waals surface area (Å²) in [7, 11) is 1.36. The zero-order valence-corrected chi connectivity index (χ0v) is 16.5. The van der Waals surface area contributed by atoms with Crippen molar-refractivity contribution in [3.05, 3.63) is 58.1 Å². The molecule has 0 atom stereocenters. The number of benzene rings is 2. The molecule has 0 saturated carbocycles. The van der Waals surface area contributed by atoms with E-state index in [1.54, 1.807) is 0 Å². The number of hydrogen-bond donors (Lipinski definition) is 2. The van der Waals surface area contributed by atoms with Crippen LogP contribution in [0.1, 0.15) is 11.1 Å². The number of carbonyl (C=O) groups excluding carboxylic acids is 1. The first kappa shape index (κ1) is 22.3. The lowest BCUT2D eigenvalue weighted by Crippen LogP contribution is -2.20. The lowest BCUT2D eigenvalue weighted by atomic mass is 10.2. The summed E-state index contributed by atoms with van der Waals surface area (Å²) in [6.45, 7) is -0.483. The Morgan fingerprint density at radius 3 is 2.55 bits per heavy atom. The van der Waals surface area contributed by atoms with Gasteiger partial charge < -0.3 is 19.9 Å². The summed E-state index contributed by atoms with van der Waals surface area (Å²) in [6.07, 6.45) is -2.23. The van der Waals surface area contributed by atoms with Crippen molar-refractivity contribution < 1.29 is 37.3 Å². The van der Waals surface area contributed by atoms with Crippen LogP contribution in [0, 0.1) is 0 Å². The molecule has 0 unspecified atom stereocenters. The number of aliphatic carboxylic acids is 1. The molecule has 0 aliphatic heterocycles. The lowest BCUT2D eigenvalue weighted by molar-refractivity contribution is -0.137.